The molecule has 0 heterocycles. The predicted molar refractivity (Wildman–Crippen MR) is 59.9 cm³/mol. The van der Waals surface area contributed by atoms with E-state index >= 15 is 0 Å². The maximum Gasteiger partial charge on any atom is 0.309 e. The molecule has 3 unspecified atom stereocenters. The lowest BCUT2D eigenvalue weighted by molar-refractivity contribution is -0.234. The summed E-state index contributed by atoms with van der Waals surface area (Å²) < 4.78 is 9.64. The van der Waals surface area contributed by atoms with Gasteiger partial charge in [-0.15, -0.1) is 0 Å². The van der Waals surface area contributed by atoms with Gasteiger partial charge in [0.2, 0.25) is 5.79 Å². The van der Waals surface area contributed by atoms with Gasteiger partial charge in [0.15, 0.2) is 0 Å². The topological polar surface area (TPSA) is 72.8 Å². The quantitative estimate of drug-likeness (QED) is 0.597. The van der Waals surface area contributed by atoms with Crippen LogP contribution < -0.4 is 0 Å². The van der Waals surface area contributed by atoms with Gasteiger partial charge in [0, 0.05) is 19.8 Å². The predicted octanol–water partition coefficient (Wildman–Crippen LogP) is 1.24. The van der Waals surface area contributed by atoms with Crippen molar-refractivity contribution in [3.63, 3.8) is 0 Å². The monoisotopic (exact) mass is 244 g/mol. The van der Waals surface area contributed by atoms with Gasteiger partial charge in [0.1, 0.15) is 0 Å². The Morgan fingerprint density at radius 3 is 2.41 bits per heavy atom. The third-order valence-electron chi connectivity index (χ3n) is 3.31. The number of aliphatic hydroxyl groups is 1. The highest BCUT2D eigenvalue weighted by Crippen LogP contribution is 2.38. The zero-order chi connectivity index (χ0) is 13.1. The fraction of sp³-hybridized carbons (Fsp3) is 0.833. The summed E-state index contributed by atoms with van der Waals surface area (Å²) in [5.41, 5.74) is 0. The third-order valence-corrected chi connectivity index (χ3v) is 3.31. The van der Waals surface area contributed by atoms with Crippen LogP contribution in [0.1, 0.15) is 39.5 Å². The van der Waals surface area contributed by atoms with Crippen LogP contribution in [0.3, 0.4) is 0 Å². The molecule has 98 valence electrons. The zero-order valence-electron chi connectivity index (χ0n) is 10.6. The lowest BCUT2D eigenvalue weighted by Crippen LogP contribution is -2.46. The van der Waals surface area contributed by atoms with Crippen molar-refractivity contribution in [1.29, 1.82) is 0 Å². The first-order chi connectivity index (χ1) is 7.88. The number of rotatable bonds is 3. The molecule has 0 aromatic rings. The molecule has 0 amide bonds. The second-order valence-electron chi connectivity index (χ2n) is 4.67. The standard InChI is InChI=1S/C12H20O5/c1-8(13)17-12(2,15)10-7-5-4-6-9(10)11(14)16-3/h9-10,15H,4-7H2,1-3H3. The Balaban J connectivity index is 2.83. The van der Waals surface area contributed by atoms with E-state index in [0.717, 1.165) is 12.8 Å². The first-order valence-electron chi connectivity index (χ1n) is 5.88. The molecule has 0 spiro atoms. The Morgan fingerprint density at radius 2 is 1.88 bits per heavy atom. The van der Waals surface area contributed by atoms with Gasteiger partial charge in [0.05, 0.1) is 13.0 Å². The van der Waals surface area contributed by atoms with E-state index in [1.165, 1.54) is 21.0 Å². The van der Waals surface area contributed by atoms with Crippen molar-refractivity contribution < 1.29 is 24.2 Å². The molecule has 0 aliphatic heterocycles. The van der Waals surface area contributed by atoms with Crippen molar-refractivity contribution in [1.82, 2.24) is 0 Å². The Labute approximate surface area is 101 Å². The van der Waals surface area contributed by atoms with Gasteiger partial charge in [-0.1, -0.05) is 12.8 Å². The normalized spacial score (nSPS) is 28.0. The van der Waals surface area contributed by atoms with Gasteiger partial charge in [0.25, 0.3) is 0 Å². The van der Waals surface area contributed by atoms with E-state index in [4.69, 9.17) is 9.47 Å². The summed E-state index contributed by atoms with van der Waals surface area (Å²) in [6.07, 6.45) is 3.15. The lowest BCUT2D eigenvalue weighted by Gasteiger charge is -2.38. The van der Waals surface area contributed by atoms with Crippen molar-refractivity contribution in [3.8, 4) is 0 Å². The molecule has 0 bridgehead atoms. The van der Waals surface area contributed by atoms with Crippen molar-refractivity contribution in [2.24, 2.45) is 11.8 Å². The van der Waals surface area contributed by atoms with E-state index in [-0.39, 0.29) is 5.97 Å². The molecule has 0 aromatic heterocycles. The lowest BCUT2D eigenvalue weighted by atomic mass is 9.75. The summed E-state index contributed by atoms with van der Waals surface area (Å²) >= 11 is 0. The molecule has 17 heavy (non-hydrogen) atoms. The molecule has 1 fully saturated rings. The molecule has 5 nitrogen and oxygen atoms in total. The van der Waals surface area contributed by atoms with Crippen LogP contribution in [0.4, 0.5) is 0 Å². The molecule has 3 atom stereocenters. The van der Waals surface area contributed by atoms with E-state index in [1.54, 1.807) is 0 Å². The first-order valence-corrected chi connectivity index (χ1v) is 5.88. The van der Waals surface area contributed by atoms with Crippen molar-refractivity contribution in [3.05, 3.63) is 0 Å². The fourth-order valence-corrected chi connectivity index (χ4v) is 2.57. The van der Waals surface area contributed by atoms with Gasteiger partial charge in [-0.25, -0.2) is 0 Å². The molecule has 1 aliphatic carbocycles. The fourth-order valence-electron chi connectivity index (χ4n) is 2.57. The molecule has 5 heteroatoms. The minimum absolute atomic E-state index is 0.345. The van der Waals surface area contributed by atoms with E-state index in [0.29, 0.717) is 12.8 Å². The van der Waals surface area contributed by atoms with E-state index in [9.17, 15) is 14.7 Å². The molecule has 0 aromatic carbocycles. The van der Waals surface area contributed by atoms with E-state index in [1.807, 2.05) is 0 Å². The number of hydrogen-bond donors (Lipinski definition) is 1. The van der Waals surface area contributed by atoms with Gasteiger partial charge < -0.3 is 14.6 Å². The molecular weight excluding hydrogens is 224 g/mol. The molecule has 1 saturated carbocycles. The number of carbonyl (C=O) groups is 2. The molecule has 1 N–H and O–H groups in total. The van der Waals surface area contributed by atoms with Crippen LogP contribution >= 0.6 is 0 Å². The van der Waals surface area contributed by atoms with E-state index in [2.05, 4.69) is 0 Å². The highest BCUT2D eigenvalue weighted by molar-refractivity contribution is 5.73. The zero-order valence-corrected chi connectivity index (χ0v) is 10.6. The van der Waals surface area contributed by atoms with Crippen LogP contribution in [-0.4, -0.2) is 29.9 Å². The highest BCUT2D eigenvalue weighted by atomic mass is 16.7. The molecule has 1 rings (SSSR count). The molecule has 0 saturated heterocycles. The van der Waals surface area contributed by atoms with Crippen LogP contribution in [0.5, 0.6) is 0 Å². The molecular formula is C12H20O5. The van der Waals surface area contributed by atoms with Gasteiger partial charge in [-0.05, 0) is 12.8 Å². The minimum atomic E-state index is -1.61. The van der Waals surface area contributed by atoms with Crippen molar-refractivity contribution in [2.75, 3.05) is 7.11 Å². The minimum Gasteiger partial charge on any atom is -0.469 e. The van der Waals surface area contributed by atoms with Crippen LogP contribution in [0.2, 0.25) is 0 Å². The maximum absolute atomic E-state index is 11.6. The Bertz CT molecular complexity index is 297. The number of carbonyl (C=O) groups excluding carboxylic acids is 2. The average Bonchev–Trinajstić information content (AvgIpc) is 2.26. The second kappa shape index (κ2) is 5.49. The van der Waals surface area contributed by atoms with Gasteiger partial charge in [-0.3, -0.25) is 9.59 Å². The van der Waals surface area contributed by atoms with Crippen molar-refractivity contribution >= 4 is 11.9 Å². The summed E-state index contributed by atoms with van der Waals surface area (Å²) in [4.78, 5) is 22.6. The number of ether oxygens (including phenoxy) is 2. The number of esters is 2. The Kier molecular flexibility index (Phi) is 4.51. The van der Waals surface area contributed by atoms with Crippen LogP contribution in [0.25, 0.3) is 0 Å². The summed E-state index contributed by atoms with van der Waals surface area (Å²) in [6.45, 7) is 2.67. The summed E-state index contributed by atoms with van der Waals surface area (Å²) in [5.74, 6) is -3.30. The third kappa shape index (κ3) is 3.43. The Morgan fingerprint density at radius 1 is 1.29 bits per heavy atom. The number of methoxy groups -OCH3 is 1. The average molecular weight is 244 g/mol. The number of hydrogen-bond acceptors (Lipinski definition) is 5. The largest absolute Gasteiger partial charge is 0.469 e. The first kappa shape index (κ1) is 14.0. The van der Waals surface area contributed by atoms with E-state index < -0.39 is 23.6 Å². The summed E-state index contributed by atoms with van der Waals surface area (Å²) in [6, 6.07) is 0. The van der Waals surface area contributed by atoms with Crippen LogP contribution in [-0.2, 0) is 19.1 Å². The SMILES string of the molecule is COC(=O)C1CCCCC1C(C)(O)OC(C)=O. The molecule has 0 radical (unpaired) electrons. The summed E-state index contributed by atoms with van der Waals surface area (Å²) in [7, 11) is 1.33. The van der Waals surface area contributed by atoms with Gasteiger partial charge in [-0.2, -0.15) is 0 Å². The summed E-state index contributed by atoms with van der Waals surface area (Å²) in [5, 5.41) is 10.2. The highest BCUT2D eigenvalue weighted by Gasteiger charge is 2.45. The Hall–Kier alpha value is -1.10. The van der Waals surface area contributed by atoms with Crippen molar-refractivity contribution in [2.45, 2.75) is 45.3 Å². The second-order valence-corrected chi connectivity index (χ2v) is 4.67. The smallest absolute Gasteiger partial charge is 0.309 e. The van der Waals surface area contributed by atoms with Crippen LogP contribution in [0, 0.1) is 11.8 Å². The van der Waals surface area contributed by atoms with Gasteiger partial charge >= 0.3 is 11.9 Å². The molecule has 1 aliphatic rings. The maximum atomic E-state index is 11.6. The van der Waals surface area contributed by atoms with Crippen LogP contribution in [0.15, 0.2) is 0 Å².